The maximum Gasteiger partial charge on any atom is 0.217 e. The Balaban J connectivity index is 2.50. The van der Waals surface area contributed by atoms with Gasteiger partial charge < -0.3 is 25.4 Å². The Hall–Kier alpha value is -0.690. The minimum Gasteiger partial charge on any atom is -0.394 e. The van der Waals surface area contributed by atoms with Gasteiger partial charge in [-0.3, -0.25) is 4.79 Å². The van der Waals surface area contributed by atoms with Crippen LogP contribution >= 0.6 is 0 Å². The van der Waals surface area contributed by atoms with E-state index in [9.17, 15) is 15.0 Å². The average molecular weight is 205 g/mol. The van der Waals surface area contributed by atoms with Crippen molar-refractivity contribution in [2.75, 3.05) is 13.2 Å². The summed E-state index contributed by atoms with van der Waals surface area (Å²) >= 11 is 0. The van der Waals surface area contributed by atoms with Gasteiger partial charge in [-0.25, -0.2) is 0 Å². The molecule has 1 heterocycles. The van der Waals surface area contributed by atoms with Crippen LogP contribution in [-0.4, -0.2) is 58.8 Å². The Bertz CT molecular complexity index is 210. The van der Waals surface area contributed by atoms with Crippen LogP contribution in [0.5, 0.6) is 0 Å². The standard InChI is InChI=1S/C8H15NO5/c1-4(11)9-5-3-14-8(7(5)13)6(12)2-10/h5-8,10,12-13H,2-3H2,1H3,(H,9,11)/t5-,6-,7-,8+/m1/s1. The first-order chi connectivity index (χ1) is 6.56. The molecule has 1 fully saturated rings. The minimum absolute atomic E-state index is 0.141. The topological polar surface area (TPSA) is 99.0 Å². The molecule has 1 aliphatic heterocycles. The van der Waals surface area contributed by atoms with Gasteiger partial charge >= 0.3 is 0 Å². The fourth-order valence-electron chi connectivity index (χ4n) is 1.47. The molecule has 4 N–H and O–H groups in total. The van der Waals surface area contributed by atoms with Gasteiger partial charge in [-0.05, 0) is 0 Å². The maximum absolute atomic E-state index is 10.7. The van der Waals surface area contributed by atoms with E-state index in [0.29, 0.717) is 0 Å². The van der Waals surface area contributed by atoms with Crippen molar-refractivity contribution < 1.29 is 24.9 Å². The molecule has 1 rings (SSSR count). The van der Waals surface area contributed by atoms with Crippen LogP contribution < -0.4 is 5.32 Å². The highest BCUT2D eigenvalue weighted by Gasteiger charge is 2.40. The third-order valence-electron chi connectivity index (χ3n) is 2.17. The molecule has 0 saturated carbocycles. The third kappa shape index (κ3) is 2.42. The zero-order valence-corrected chi connectivity index (χ0v) is 7.88. The van der Waals surface area contributed by atoms with Crippen molar-refractivity contribution in [1.82, 2.24) is 5.32 Å². The molecule has 6 nitrogen and oxygen atoms in total. The van der Waals surface area contributed by atoms with Crippen molar-refractivity contribution in [2.45, 2.75) is 31.3 Å². The number of carbonyl (C=O) groups is 1. The number of aliphatic hydroxyl groups excluding tert-OH is 3. The van der Waals surface area contributed by atoms with Crippen molar-refractivity contribution in [3.8, 4) is 0 Å². The van der Waals surface area contributed by atoms with Gasteiger partial charge in [0, 0.05) is 6.92 Å². The van der Waals surface area contributed by atoms with E-state index >= 15 is 0 Å². The van der Waals surface area contributed by atoms with Crippen molar-refractivity contribution in [3.63, 3.8) is 0 Å². The first-order valence-electron chi connectivity index (χ1n) is 4.42. The van der Waals surface area contributed by atoms with Gasteiger partial charge in [-0.15, -0.1) is 0 Å². The summed E-state index contributed by atoms with van der Waals surface area (Å²) < 4.78 is 5.06. The van der Waals surface area contributed by atoms with E-state index < -0.39 is 31.0 Å². The lowest BCUT2D eigenvalue weighted by atomic mass is 10.1. The Morgan fingerprint density at radius 1 is 1.71 bits per heavy atom. The van der Waals surface area contributed by atoms with Crippen molar-refractivity contribution in [3.05, 3.63) is 0 Å². The summed E-state index contributed by atoms with van der Waals surface area (Å²) in [6.07, 6.45) is -2.94. The summed E-state index contributed by atoms with van der Waals surface area (Å²) in [7, 11) is 0. The number of hydrogen-bond acceptors (Lipinski definition) is 5. The van der Waals surface area contributed by atoms with Crippen molar-refractivity contribution in [1.29, 1.82) is 0 Å². The molecule has 14 heavy (non-hydrogen) atoms. The molecule has 0 unspecified atom stereocenters. The van der Waals surface area contributed by atoms with Crippen LogP contribution in [0.25, 0.3) is 0 Å². The van der Waals surface area contributed by atoms with Crippen LogP contribution in [0.15, 0.2) is 0 Å². The third-order valence-corrected chi connectivity index (χ3v) is 2.17. The molecule has 0 aromatic carbocycles. The lowest BCUT2D eigenvalue weighted by molar-refractivity contribution is -0.120. The first-order valence-corrected chi connectivity index (χ1v) is 4.42. The Labute approximate surface area is 81.5 Å². The molecule has 6 heteroatoms. The molecule has 1 amide bonds. The Morgan fingerprint density at radius 3 is 2.86 bits per heavy atom. The molecule has 0 spiro atoms. The summed E-state index contributed by atoms with van der Waals surface area (Å²) in [4.78, 5) is 10.7. The first kappa shape index (κ1) is 11.4. The van der Waals surface area contributed by atoms with Gasteiger partial charge in [0.1, 0.15) is 18.3 Å². The van der Waals surface area contributed by atoms with Gasteiger partial charge in [0.15, 0.2) is 0 Å². The summed E-state index contributed by atoms with van der Waals surface area (Å²) in [5, 5.41) is 30.0. The highest BCUT2D eigenvalue weighted by molar-refractivity contribution is 5.73. The smallest absolute Gasteiger partial charge is 0.217 e. The van der Waals surface area contributed by atoms with E-state index in [-0.39, 0.29) is 12.5 Å². The van der Waals surface area contributed by atoms with Gasteiger partial charge in [0.2, 0.25) is 5.91 Å². The van der Waals surface area contributed by atoms with E-state index in [1.807, 2.05) is 0 Å². The molecular weight excluding hydrogens is 190 g/mol. The molecule has 4 atom stereocenters. The van der Waals surface area contributed by atoms with E-state index in [2.05, 4.69) is 5.32 Å². The quantitative estimate of drug-likeness (QED) is 0.412. The summed E-state index contributed by atoms with van der Waals surface area (Å²) in [5.41, 5.74) is 0. The van der Waals surface area contributed by atoms with Gasteiger partial charge in [-0.1, -0.05) is 0 Å². The number of aliphatic hydroxyl groups is 3. The number of nitrogens with one attached hydrogen (secondary N) is 1. The van der Waals surface area contributed by atoms with Gasteiger partial charge in [0.25, 0.3) is 0 Å². The summed E-state index contributed by atoms with van der Waals surface area (Å²) in [6, 6.07) is -0.515. The zero-order chi connectivity index (χ0) is 10.7. The van der Waals surface area contributed by atoms with Crippen LogP contribution in [0.4, 0.5) is 0 Å². The fourth-order valence-corrected chi connectivity index (χ4v) is 1.47. The second-order valence-corrected chi connectivity index (χ2v) is 3.35. The summed E-state index contributed by atoms with van der Waals surface area (Å²) in [6.45, 7) is 1.000. The van der Waals surface area contributed by atoms with Crippen LogP contribution in [0.3, 0.4) is 0 Å². The second kappa shape index (κ2) is 4.70. The van der Waals surface area contributed by atoms with Crippen LogP contribution in [0, 0.1) is 0 Å². The normalized spacial score (nSPS) is 34.1. The van der Waals surface area contributed by atoms with E-state index in [1.165, 1.54) is 6.92 Å². The van der Waals surface area contributed by atoms with E-state index in [0.717, 1.165) is 0 Å². The molecule has 0 radical (unpaired) electrons. The number of carbonyl (C=O) groups excluding carboxylic acids is 1. The van der Waals surface area contributed by atoms with Gasteiger partial charge in [-0.2, -0.15) is 0 Å². The highest BCUT2D eigenvalue weighted by Crippen LogP contribution is 2.17. The second-order valence-electron chi connectivity index (χ2n) is 3.35. The molecule has 82 valence electrons. The summed E-state index contributed by atoms with van der Waals surface area (Å²) in [5.74, 6) is -0.267. The molecule has 1 saturated heterocycles. The van der Waals surface area contributed by atoms with Crippen molar-refractivity contribution in [2.24, 2.45) is 0 Å². The largest absolute Gasteiger partial charge is 0.394 e. The van der Waals surface area contributed by atoms with Crippen LogP contribution in [0.2, 0.25) is 0 Å². The van der Waals surface area contributed by atoms with Crippen LogP contribution in [-0.2, 0) is 9.53 Å². The minimum atomic E-state index is -1.12. The lowest BCUT2D eigenvalue weighted by Gasteiger charge is -2.20. The van der Waals surface area contributed by atoms with Crippen molar-refractivity contribution >= 4 is 5.91 Å². The predicted molar refractivity (Wildman–Crippen MR) is 46.4 cm³/mol. The average Bonchev–Trinajstić information content (AvgIpc) is 2.46. The molecule has 0 aliphatic carbocycles. The molecule has 0 aromatic rings. The number of hydrogen-bond donors (Lipinski definition) is 4. The maximum atomic E-state index is 10.7. The monoisotopic (exact) mass is 205 g/mol. The number of amides is 1. The molecule has 1 aliphatic rings. The van der Waals surface area contributed by atoms with E-state index in [1.54, 1.807) is 0 Å². The molecule has 0 bridgehead atoms. The SMILES string of the molecule is CC(=O)N[C@@H]1CO[C@@H]([C@H](O)CO)[C@@H]1O. The van der Waals surface area contributed by atoms with Gasteiger partial charge in [0.05, 0.1) is 19.3 Å². The lowest BCUT2D eigenvalue weighted by Crippen LogP contribution is -2.46. The highest BCUT2D eigenvalue weighted by atomic mass is 16.5. The Morgan fingerprint density at radius 2 is 2.36 bits per heavy atom. The molecular formula is C8H15NO5. The number of ether oxygens (including phenoxy) is 1. The van der Waals surface area contributed by atoms with E-state index in [4.69, 9.17) is 9.84 Å². The van der Waals surface area contributed by atoms with Crippen LogP contribution in [0.1, 0.15) is 6.92 Å². The Kier molecular flexibility index (Phi) is 3.82. The number of rotatable bonds is 3. The fraction of sp³-hybridized carbons (Fsp3) is 0.875. The zero-order valence-electron chi connectivity index (χ0n) is 7.88. The predicted octanol–water partition coefficient (Wildman–Crippen LogP) is -2.40. The molecule has 0 aromatic heterocycles.